The zero-order valence-electron chi connectivity index (χ0n) is 19.1. The van der Waals surface area contributed by atoms with Crippen LogP contribution in [0.5, 0.6) is 0 Å². The molecule has 0 bridgehead atoms. The van der Waals surface area contributed by atoms with Gasteiger partial charge in [0, 0.05) is 28.6 Å². The Morgan fingerprint density at radius 3 is 2.30 bits per heavy atom. The number of rotatable bonds is 7. The van der Waals surface area contributed by atoms with Gasteiger partial charge in [-0.25, -0.2) is 30.1 Å². The van der Waals surface area contributed by atoms with Crippen LogP contribution < -0.4 is 4.72 Å². The highest BCUT2D eigenvalue weighted by Gasteiger charge is 2.26. The Bertz CT molecular complexity index is 1740. The largest absolute Gasteiger partial charge is 0.269 e. The summed E-state index contributed by atoms with van der Waals surface area (Å²) in [5.74, 6) is -1.32. The van der Waals surface area contributed by atoms with Crippen molar-refractivity contribution in [1.82, 2.24) is 8.69 Å². The van der Waals surface area contributed by atoms with Crippen LogP contribution in [0.3, 0.4) is 0 Å². The summed E-state index contributed by atoms with van der Waals surface area (Å²) >= 11 is 6.11. The summed E-state index contributed by atoms with van der Waals surface area (Å²) in [4.78, 5) is 0.0596. The molecule has 0 radical (unpaired) electrons. The number of nitrogens with zero attached hydrogens (tertiary/aromatic N) is 1. The summed E-state index contributed by atoms with van der Waals surface area (Å²) in [7, 11) is -5.97. The zero-order chi connectivity index (χ0) is 26.2. The molecule has 5 rings (SSSR count). The Morgan fingerprint density at radius 2 is 1.59 bits per heavy atom. The highest BCUT2D eigenvalue weighted by Crippen LogP contribution is 2.30. The molecular weight excluding hydrogens is 538 g/mol. The van der Waals surface area contributed by atoms with Crippen molar-refractivity contribution in [1.29, 1.82) is 0 Å². The molecule has 4 aromatic carbocycles. The van der Waals surface area contributed by atoms with E-state index < -0.39 is 32.6 Å². The van der Waals surface area contributed by atoms with Gasteiger partial charge in [0.1, 0.15) is 27.6 Å². The van der Waals surface area contributed by atoms with Crippen LogP contribution in [0.2, 0.25) is 5.02 Å². The van der Waals surface area contributed by atoms with Crippen molar-refractivity contribution in [3.63, 3.8) is 0 Å². The molecule has 0 saturated heterocycles. The van der Waals surface area contributed by atoms with Gasteiger partial charge in [0.05, 0.1) is 10.4 Å². The molecular formula is C27H19ClF2N2O3S2. The molecule has 0 aliphatic carbocycles. The molecule has 1 atom stereocenters. The average Bonchev–Trinajstić information content (AvgIpc) is 3.28. The zero-order valence-corrected chi connectivity index (χ0v) is 21.5. The summed E-state index contributed by atoms with van der Waals surface area (Å²) in [6, 6.07) is 24.4. The maximum Gasteiger partial charge on any atom is 0.269 e. The van der Waals surface area contributed by atoms with E-state index in [9.17, 15) is 21.4 Å². The Morgan fingerprint density at radius 1 is 0.865 bits per heavy atom. The van der Waals surface area contributed by atoms with Crippen LogP contribution in [-0.4, -0.2) is 16.6 Å². The molecule has 0 saturated carbocycles. The predicted octanol–water partition coefficient (Wildman–Crippen LogP) is 6.29. The molecule has 0 fully saturated rings. The Hall–Kier alpha value is -3.37. The van der Waals surface area contributed by atoms with Gasteiger partial charge >= 0.3 is 0 Å². The first kappa shape index (κ1) is 25.3. The monoisotopic (exact) mass is 556 g/mol. The topological polar surface area (TPSA) is 68.2 Å². The van der Waals surface area contributed by atoms with Gasteiger partial charge in [-0.15, -0.1) is 0 Å². The molecule has 1 aromatic heterocycles. The maximum atomic E-state index is 14.1. The third-order valence-corrected chi connectivity index (χ3v) is 8.94. The van der Waals surface area contributed by atoms with Gasteiger partial charge in [-0.05, 0) is 59.7 Å². The molecule has 0 aliphatic heterocycles. The van der Waals surface area contributed by atoms with Crippen LogP contribution in [0.25, 0.3) is 22.0 Å². The minimum atomic E-state index is -4.06. The Balaban J connectivity index is 1.44. The first-order chi connectivity index (χ1) is 17.7. The summed E-state index contributed by atoms with van der Waals surface area (Å²) < 4.78 is 71.6. The molecule has 1 unspecified atom stereocenters. The summed E-state index contributed by atoms with van der Waals surface area (Å²) in [6.45, 7) is 0.145. The lowest BCUT2D eigenvalue weighted by Crippen LogP contribution is -2.23. The number of fused-ring (bicyclic) bond motifs is 1. The van der Waals surface area contributed by atoms with Gasteiger partial charge < -0.3 is 0 Å². The second kappa shape index (κ2) is 10.2. The van der Waals surface area contributed by atoms with Crippen molar-refractivity contribution in [3.8, 4) is 11.1 Å². The first-order valence-electron chi connectivity index (χ1n) is 11.1. The molecule has 0 spiro atoms. The van der Waals surface area contributed by atoms with Crippen LogP contribution in [-0.2, 0) is 27.6 Å². The Labute approximate surface area is 220 Å². The van der Waals surface area contributed by atoms with Crippen LogP contribution in [0.4, 0.5) is 8.78 Å². The molecule has 5 aromatic rings. The molecule has 1 N–H and O–H groups in total. The fourth-order valence-corrected chi connectivity index (χ4v) is 6.99. The lowest BCUT2D eigenvalue weighted by Gasteiger charge is -2.12. The molecule has 188 valence electrons. The molecule has 0 amide bonds. The van der Waals surface area contributed by atoms with Crippen LogP contribution in [0.1, 0.15) is 5.56 Å². The van der Waals surface area contributed by atoms with E-state index in [4.69, 9.17) is 11.6 Å². The molecule has 10 heteroatoms. The smallest absolute Gasteiger partial charge is 0.236 e. The summed E-state index contributed by atoms with van der Waals surface area (Å²) in [5.41, 5.74) is 1.91. The second-order valence-corrected chi connectivity index (χ2v) is 11.6. The van der Waals surface area contributed by atoms with E-state index in [0.29, 0.717) is 21.5 Å². The highest BCUT2D eigenvalue weighted by molar-refractivity contribution is 7.91. The lowest BCUT2D eigenvalue weighted by atomic mass is 10.0. The number of halogens is 3. The van der Waals surface area contributed by atoms with Gasteiger partial charge in [0.15, 0.2) is 0 Å². The standard InChI is InChI=1S/C27H19ClF2N2O3S2/c28-21-10-13-26-20(14-21)15-27(32(26)37(34,35)23-4-2-1-3-5-23)36(33)31-17-18-6-8-19(9-7-18)24-12-11-22(29)16-25(24)30/h1-16,31H,17H2. The highest BCUT2D eigenvalue weighted by atomic mass is 35.5. The third-order valence-electron chi connectivity index (χ3n) is 5.76. The van der Waals surface area contributed by atoms with E-state index in [1.54, 1.807) is 60.7 Å². The van der Waals surface area contributed by atoms with Crippen molar-refractivity contribution in [3.05, 3.63) is 119 Å². The fourth-order valence-electron chi connectivity index (χ4n) is 3.96. The minimum Gasteiger partial charge on any atom is -0.236 e. The van der Waals surface area contributed by atoms with Crippen molar-refractivity contribution >= 4 is 43.5 Å². The van der Waals surface area contributed by atoms with Crippen molar-refractivity contribution in [2.75, 3.05) is 0 Å². The quantitative estimate of drug-likeness (QED) is 0.256. The number of hydrogen-bond donors (Lipinski definition) is 1. The van der Waals surface area contributed by atoms with Crippen LogP contribution in [0, 0.1) is 11.6 Å². The molecule has 0 aliphatic rings. The molecule has 37 heavy (non-hydrogen) atoms. The van der Waals surface area contributed by atoms with E-state index in [2.05, 4.69) is 4.72 Å². The van der Waals surface area contributed by atoms with Crippen molar-refractivity contribution in [2.45, 2.75) is 16.5 Å². The maximum absolute atomic E-state index is 14.1. The van der Waals surface area contributed by atoms with Crippen LogP contribution >= 0.6 is 11.6 Å². The van der Waals surface area contributed by atoms with Crippen LogP contribution in [0.15, 0.2) is 107 Å². The fraction of sp³-hybridized carbons (Fsp3) is 0.0370. The summed E-state index contributed by atoms with van der Waals surface area (Å²) in [6.07, 6.45) is 0. The minimum absolute atomic E-state index is 0.0473. The van der Waals surface area contributed by atoms with Crippen molar-refractivity contribution < 1.29 is 21.4 Å². The van der Waals surface area contributed by atoms with E-state index >= 15 is 0 Å². The first-order valence-corrected chi connectivity index (χ1v) is 14.0. The molecule has 1 heterocycles. The van der Waals surface area contributed by atoms with Gasteiger partial charge in [-0.2, -0.15) is 0 Å². The van der Waals surface area contributed by atoms with E-state index in [0.717, 1.165) is 15.6 Å². The van der Waals surface area contributed by atoms with Gasteiger partial charge in [0.2, 0.25) is 0 Å². The van der Waals surface area contributed by atoms with E-state index in [1.807, 2.05) is 0 Å². The lowest BCUT2D eigenvalue weighted by molar-refractivity contribution is 0.583. The van der Waals surface area contributed by atoms with Gasteiger partial charge in [-0.1, -0.05) is 54.1 Å². The van der Waals surface area contributed by atoms with E-state index in [-0.39, 0.29) is 22.0 Å². The normalized spacial score (nSPS) is 12.6. The molecule has 5 nitrogen and oxygen atoms in total. The second-order valence-electron chi connectivity index (χ2n) is 8.18. The number of nitrogens with one attached hydrogen (secondary N) is 1. The SMILES string of the molecule is O=S(NCc1ccc(-c2ccc(F)cc2F)cc1)c1cc2cc(Cl)ccc2n1S(=O)(=O)c1ccccc1. The number of benzene rings is 4. The Kier molecular flexibility index (Phi) is 6.96. The van der Waals surface area contributed by atoms with E-state index in [1.165, 1.54) is 30.3 Å². The van der Waals surface area contributed by atoms with Crippen molar-refractivity contribution in [2.24, 2.45) is 0 Å². The number of aromatic nitrogens is 1. The third kappa shape index (κ3) is 5.08. The van der Waals surface area contributed by atoms with Gasteiger partial charge in [-0.3, -0.25) is 0 Å². The number of hydrogen-bond acceptors (Lipinski definition) is 3. The average molecular weight is 557 g/mol. The predicted molar refractivity (Wildman–Crippen MR) is 141 cm³/mol. The summed E-state index contributed by atoms with van der Waals surface area (Å²) in [5, 5.41) is 0.999. The van der Waals surface area contributed by atoms with Gasteiger partial charge in [0.25, 0.3) is 10.0 Å².